The van der Waals surface area contributed by atoms with Gasteiger partial charge in [0.1, 0.15) is 37.8 Å². The van der Waals surface area contributed by atoms with Gasteiger partial charge in [-0.2, -0.15) is 10.2 Å². The minimum atomic E-state index is -1.12. The smallest absolute Gasteiger partial charge is 0.374 e. The van der Waals surface area contributed by atoms with Gasteiger partial charge in [-0.25, -0.2) is 25.4 Å². The molecule has 7 heterocycles. The number of furan rings is 3. The fourth-order valence-corrected chi connectivity index (χ4v) is 14.9. The standard InChI is InChI=1S/C28H32BrN5O3.C20H23BrO4.C15H22O.C9H13N5.C6H4Br2O3/c1-15-12-22(30-24-23(15)16(2)33-34(24)7)31-32-25(35)21-14-20(29)26(37-21)36-17-8-9-18-19(13-17)28(5,6)11-10-27(18,3)4;1-11-8-12-13(20(4,5)7-6-19(12,2)3)9-15(11)24-18-14(21)10-16(25-18)17(22)23;1-10-8-11-12(9-13(10)16)15(4,5)7-6-14(11,2)3;1-5-4-7(12-10)11-9-8(5)6(2)13-14(9)3;1-10-6(9)4-2-3(7)5(8)11-4/h8-9,12-14H,10-11H2,1-7H3,(H,30,31)(H,32,35);8-10H,6-7H2,1-5H3,(H,22,23);8-9,16H,6-7H2,1-5H3;4H,10H2,1-3H3,(H,11,12);2H,1H3. The molecule has 0 spiro atoms. The maximum absolute atomic E-state index is 12.8. The van der Waals surface area contributed by atoms with Crippen molar-refractivity contribution in [2.45, 2.75) is 196 Å². The molecule has 0 fully saturated rings. The Balaban J connectivity index is 0.000000161. The number of hydrogen-bond donors (Lipinski definition) is 6. The second kappa shape index (κ2) is 30.2. The molecule has 1 amide bonds. The number of carboxylic acid groups (broad SMARTS) is 1. The van der Waals surface area contributed by atoms with Gasteiger partial charge in [0.15, 0.2) is 21.7 Å². The number of nitrogens with two attached hydrogens (primary N) is 1. The fourth-order valence-electron chi connectivity index (χ4n) is 13.6. The van der Waals surface area contributed by atoms with Gasteiger partial charge in [0.2, 0.25) is 11.5 Å². The van der Waals surface area contributed by atoms with Crippen molar-refractivity contribution in [1.29, 1.82) is 0 Å². The molecule has 0 bridgehead atoms. The molecule has 3 aliphatic rings. The number of nitrogens with zero attached hydrogens (tertiary/aromatic N) is 6. The lowest BCUT2D eigenvalue weighted by Gasteiger charge is -2.42. The molecule has 7 N–H and O–H groups in total. The number of phenols is 1. The number of methoxy groups -OCH3 is 1. The number of halogens is 4. The molecule has 103 heavy (non-hydrogen) atoms. The van der Waals surface area contributed by atoms with Crippen molar-refractivity contribution in [3.63, 3.8) is 0 Å². The van der Waals surface area contributed by atoms with Crippen molar-refractivity contribution in [3.8, 4) is 29.1 Å². The summed E-state index contributed by atoms with van der Waals surface area (Å²) in [5.74, 6) is 6.72. The van der Waals surface area contributed by atoms with Crippen LogP contribution < -0.4 is 31.6 Å². The van der Waals surface area contributed by atoms with Gasteiger partial charge in [0, 0.05) is 43.1 Å². The largest absolute Gasteiger partial charge is 0.508 e. The van der Waals surface area contributed by atoms with E-state index in [4.69, 9.17) is 33.7 Å². The lowest BCUT2D eigenvalue weighted by molar-refractivity contribution is 0.0562. The Morgan fingerprint density at radius 2 is 0.942 bits per heavy atom. The first-order chi connectivity index (χ1) is 47.9. The number of rotatable bonds is 10. The Morgan fingerprint density at radius 1 is 0.515 bits per heavy atom. The Labute approximate surface area is 635 Å². The number of carbonyl (C=O) groups excluding carboxylic acids is 2. The highest BCUT2D eigenvalue weighted by atomic mass is 79.9. The highest BCUT2D eigenvalue weighted by Gasteiger charge is 2.41. The average Bonchev–Trinajstić information content (AvgIpc) is 1.58. The van der Waals surface area contributed by atoms with E-state index >= 15 is 0 Å². The number of amides is 1. The molecule has 3 aromatic carbocycles. The number of aromatic nitrogens is 6. The third-order valence-corrected chi connectivity index (χ3v) is 22.9. The van der Waals surface area contributed by atoms with Crippen LogP contribution >= 0.6 is 63.7 Å². The molecule has 0 aliphatic heterocycles. The number of hydrazine groups is 2. The number of esters is 1. The summed E-state index contributed by atoms with van der Waals surface area (Å²) in [6.45, 7) is 39.3. The number of carboxylic acids is 1. The van der Waals surface area contributed by atoms with E-state index in [1.54, 1.807) is 15.4 Å². The number of nitrogen functional groups attached to an aromatic ring is 1. The van der Waals surface area contributed by atoms with Crippen LogP contribution in [0.5, 0.6) is 29.1 Å². The van der Waals surface area contributed by atoms with Crippen LogP contribution in [0.15, 0.2) is 104 Å². The van der Waals surface area contributed by atoms with E-state index in [1.165, 1.54) is 65.5 Å². The molecule has 13 rings (SSSR count). The van der Waals surface area contributed by atoms with Gasteiger partial charge in [-0.15, -0.1) is 0 Å². The molecule has 25 heteroatoms. The Morgan fingerprint density at radius 3 is 1.42 bits per heavy atom. The van der Waals surface area contributed by atoms with E-state index in [-0.39, 0.29) is 61.7 Å². The monoisotopic (exact) mass is 1660 g/mol. The number of phenolic OH excluding ortho intramolecular Hbond substituents is 1. The summed E-state index contributed by atoms with van der Waals surface area (Å²) in [5, 5.41) is 29.8. The van der Waals surface area contributed by atoms with Gasteiger partial charge >= 0.3 is 29.7 Å². The van der Waals surface area contributed by atoms with Gasteiger partial charge in [0.25, 0.3) is 0 Å². The summed E-state index contributed by atoms with van der Waals surface area (Å²) >= 11 is 13.0. The molecule has 3 aliphatic carbocycles. The second-order valence-corrected chi connectivity index (χ2v) is 34.1. The number of fused-ring (bicyclic) bond motifs is 5. The number of aromatic hydroxyl groups is 1. The summed E-state index contributed by atoms with van der Waals surface area (Å²) in [7, 11) is 5.02. The van der Waals surface area contributed by atoms with Crippen LogP contribution in [-0.4, -0.2) is 64.7 Å². The van der Waals surface area contributed by atoms with E-state index in [2.05, 4.69) is 218 Å². The lowest BCUT2D eigenvalue weighted by Crippen LogP contribution is -2.33. The molecule has 0 unspecified atom stereocenters. The van der Waals surface area contributed by atoms with Gasteiger partial charge in [-0.1, -0.05) is 101 Å². The Hall–Kier alpha value is -7.97. The van der Waals surface area contributed by atoms with Crippen LogP contribution in [0.25, 0.3) is 22.1 Å². The Bertz CT molecular complexity index is 4830. The number of aromatic carboxylic acids is 1. The van der Waals surface area contributed by atoms with E-state index < -0.39 is 17.8 Å². The highest BCUT2D eigenvalue weighted by Crippen LogP contribution is 2.51. The predicted octanol–water partition coefficient (Wildman–Crippen LogP) is 20.5. The SMILES string of the molecule is COC(=O)c1cc(Br)c(Br)o1.Cc1cc(NN)nc2c1c(C)nn2C.Cc1cc(NNC(=O)c2cc(Br)c(Oc3ccc4c(c3)C(C)(C)CCC4(C)C)o2)nc2c1c(C)nn2C.Cc1cc2c(cc1O)C(C)(C)CCC2(C)C.Cc1cc2c(cc1Oc1oc(C(=O)O)cc1Br)C(C)(C)CCC2(C)C. The van der Waals surface area contributed by atoms with Crippen molar-refractivity contribution >= 4 is 115 Å². The quantitative estimate of drug-likeness (QED) is 0.0421. The van der Waals surface area contributed by atoms with E-state index in [1.807, 2.05) is 79.9 Å². The molecule has 21 nitrogen and oxygen atoms in total. The number of nitrogens with one attached hydrogen (secondary N) is 3. The summed E-state index contributed by atoms with van der Waals surface area (Å²) in [6.07, 6.45) is 6.93. The molecule has 550 valence electrons. The number of anilines is 2. The third-order valence-electron chi connectivity index (χ3n) is 20.1. The van der Waals surface area contributed by atoms with E-state index in [0.717, 1.165) is 81.4 Å². The zero-order valence-corrected chi connectivity index (χ0v) is 68.9. The average molecular weight is 1670 g/mol. The summed E-state index contributed by atoms with van der Waals surface area (Å²) < 4.78 is 38.2. The Kier molecular flexibility index (Phi) is 23.2. The van der Waals surface area contributed by atoms with Crippen molar-refractivity contribution in [2.24, 2.45) is 19.9 Å². The van der Waals surface area contributed by atoms with Crippen molar-refractivity contribution in [3.05, 3.63) is 175 Å². The molecule has 0 atom stereocenters. The summed E-state index contributed by atoms with van der Waals surface area (Å²) in [5.41, 5.74) is 24.6. The molecule has 0 saturated carbocycles. The maximum Gasteiger partial charge on any atom is 0.374 e. The van der Waals surface area contributed by atoms with Gasteiger partial charge in [0.05, 0.1) is 23.0 Å². The minimum absolute atomic E-state index is 0.0604. The van der Waals surface area contributed by atoms with Gasteiger partial charge in [-0.3, -0.25) is 25.0 Å². The first-order valence-electron chi connectivity index (χ1n) is 33.9. The van der Waals surface area contributed by atoms with Crippen LogP contribution in [0.2, 0.25) is 0 Å². The van der Waals surface area contributed by atoms with Crippen LogP contribution in [-0.2, 0) is 51.3 Å². The van der Waals surface area contributed by atoms with Crippen LogP contribution in [0.1, 0.15) is 220 Å². The topological polar surface area (TPSA) is 282 Å². The number of hydrogen-bond acceptors (Lipinski definition) is 17. The maximum atomic E-state index is 12.8. The van der Waals surface area contributed by atoms with Gasteiger partial charge < -0.3 is 43.1 Å². The lowest BCUT2D eigenvalue weighted by atomic mass is 9.63. The van der Waals surface area contributed by atoms with Crippen molar-refractivity contribution < 1.29 is 52.1 Å². The molecular formula is C78H94Br4N10O11. The highest BCUT2D eigenvalue weighted by molar-refractivity contribution is 9.13. The van der Waals surface area contributed by atoms with E-state index in [0.29, 0.717) is 47.0 Å². The molecule has 7 aromatic heterocycles. The number of benzene rings is 3. The first kappa shape index (κ1) is 79.2. The van der Waals surface area contributed by atoms with Crippen molar-refractivity contribution in [1.82, 2.24) is 35.0 Å². The van der Waals surface area contributed by atoms with E-state index in [9.17, 15) is 19.5 Å². The third kappa shape index (κ3) is 17.2. The van der Waals surface area contributed by atoms with Crippen LogP contribution in [0.3, 0.4) is 0 Å². The normalized spacial score (nSPS) is 15.9. The van der Waals surface area contributed by atoms with Crippen LogP contribution in [0, 0.1) is 41.5 Å². The molecule has 0 saturated heterocycles. The molecular weight excluding hydrogens is 1570 g/mol. The zero-order valence-electron chi connectivity index (χ0n) is 62.5. The fraction of sp³-hybridized carbons (Fsp3) is 0.423. The molecule has 0 radical (unpaired) electrons. The number of carbonyl (C=O) groups is 3. The number of pyridine rings is 2. The minimum Gasteiger partial charge on any atom is -0.508 e. The summed E-state index contributed by atoms with van der Waals surface area (Å²) in [4.78, 5) is 43.6. The number of aryl methyl sites for hydroxylation is 8. The molecule has 10 aromatic rings. The first-order valence-corrected chi connectivity index (χ1v) is 37.1. The van der Waals surface area contributed by atoms with Crippen molar-refractivity contribution in [2.75, 3.05) is 18.0 Å². The zero-order chi connectivity index (χ0) is 76.1. The number of ether oxygens (including phenoxy) is 3. The predicted molar refractivity (Wildman–Crippen MR) is 417 cm³/mol. The van der Waals surface area contributed by atoms with Crippen LogP contribution in [0.4, 0.5) is 11.6 Å². The van der Waals surface area contributed by atoms with Gasteiger partial charge in [-0.05, 0) is 268 Å². The second-order valence-electron chi connectivity index (χ2n) is 30.8. The summed E-state index contributed by atoms with van der Waals surface area (Å²) in [6, 6.07) is 22.9.